The zero-order chi connectivity index (χ0) is 14.9. The predicted molar refractivity (Wildman–Crippen MR) is 80.9 cm³/mol. The first kappa shape index (κ1) is 15.0. The summed E-state index contributed by atoms with van der Waals surface area (Å²) < 4.78 is 7.96. The highest BCUT2D eigenvalue weighted by Crippen LogP contribution is 2.41. The summed E-state index contributed by atoms with van der Waals surface area (Å²) in [5.74, 6) is 0. The number of likely N-dealkylation sites (tertiary alicyclic amines) is 1. The molecule has 1 aromatic heterocycles. The standard InChI is InChI=1S/C16H27N3O2/c1-3-15(20)6-9-21-16(13-15)4-7-19(8-5-16)12-14-10-17-18(2)11-14/h10-11,20H,3-9,12-13H2,1-2H3. The highest BCUT2D eigenvalue weighted by molar-refractivity contribution is 5.05. The van der Waals surface area contributed by atoms with Gasteiger partial charge < -0.3 is 9.84 Å². The molecule has 1 spiro atoms. The monoisotopic (exact) mass is 293 g/mol. The fraction of sp³-hybridized carbons (Fsp3) is 0.812. The molecule has 5 heteroatoms. The third-order valence-electron chi connectivity index (χ3n) is 5.22. The Kier molecular flexibility index (Phi) is 4.08. The van der Waals surface area contributed by atoms with E-state index >= 15 is 0 Å². The highest BCUT2D eigenvalue weighted by atomic mass is 16.5. The Morgan fingerprint density at radius 1 is 1.33 bits per heavy atom. The van der Waals surface area contributed by atoms with Crippen LogP contribution < -0.4 is 0 Å². The normalized spacial score (nSPS) is 29.9. The zero-order valence-corrected chi connectivity index (χ0v) is 13.2. The van der Waals surface area contributed by atoms with Gasteiger partial charge in [-0.2, -0.15) is 5.10 Å². The van der Waals surface area contributed by atoms with Gasteiger partial charge in [-0.15, -0.1) is 0 Å². The Morgan fingerprint density at radius 3 is 2.71 bits per heavy atom. The molecule has 2 aliphatic heterocycles. The number of piperidine rings is 1. The van der Waals surface area contributed by atoms with Crippen molar-refractivity contribution in [2.45, 2.75) is 56.8 Å². The van der Waals surface area contributed by atoms with Gasteiger partial charge in [0, 0.05) is 44.9 Å². The molecule has 0 amide bonds. The number of hydrogen-bond donors (Lipinski definition) is 1. The van der Waals surface area contributed by atoms with Gasteiger partial charge in [0.25, 0.3) is 0 Å². The number of nitrogens with zero attached hydrogens (tertiary/aromatic N) is 3. The minimum atomic E-state index is -0.510. The van der Waals surface area contributed by atoms with E-state index in [1.54, 1.807) is 0 Å². The molecule has 3 heterocycles. The van der Waals surface area contributed by atoms with Crippen molar-refractivity contribution in [1.82, 2.24) is 14.7 Å². The molecule has 0 aliphatic carbocycles. The van der Waals surface area contributed by atoms with Crippen LogP contribution in [-0.4, -0.2) is 50.7 Å². The largest absolute Gasteiger partial charge is 0.390 e. The lowest BCUT2D eigenvalue weighted by atomic mass is 9.76. The van der Waals surface area contributed by atoms with Crippen molar-refractivity contribution in [1.29, 1.82) is 0 Å². The number of aryl methyl sites for hydroxylation is 1. The lowest BCUT2D eigenvalue weighted by Crippen LogP contribution is -2.54. The van der Waals surface area contributed by atoms with Crippen LogP contribution >= 0.6 is 0 Å². The van der Waals surface area contributed by atoms with Crippen LogP contribution in [0.15, 0.2) is 12.4 Å². The second-order valence-electron chi connectivity index (χ2n) is 6.83. The van der Waals surface area contributed by atoms with E-state index in [0.717, 1.165) is 51.7 Å². The van der Waals surface area contributed by atoms with Gasteiger partial charge in [0.2, 0.25) is 0 Å². The van der Waals surface area contributed by atoms with E-state index in [9.17, 15) is 5.11 Å². The van der Waals surface area contributed by atoms with Crippen molar-refractivity contribution in [2.24, 2.45) is 7.05 Å². The van der Waals surface area contributed by atoms with Crippen LogP contribution in [0, 0.1) is 0 Å². The third-order valence-corrected chi connectivity index (χ3v) is 5.22. The molecular weight excluding hydrogens is 266 g/mol. The van der Waals surface area contributed by atoms with Crippen LogP contribution in [0.4, 0.5) is 0 Å². The average Bonchev–Trinajstić information content (AvgIpc) is 2.87. The summed E-state index contributed by atoms with van der Waals surface area (Å²) in [5.41, 5.74) is 0.668. The van der Waals surface area contributed by atoms with E-state index in [1.165, 1.54) is 5.56 Å². The summed E-state index contributed by atoms with van der Waals surface area (Å²) in [4.78, 5) is 2.46. The summed E-state index contributed by atoms with van der Waals surface area (Å²) in [6.07, 6.45) is 8.49. The Bertz CT molecular complexity index is 480. The van der Waals surface area contributed by atoms with E-state index in [4.69, 9.17) is 4.74 Å². The number of aromatic nitrogens is 2. The molecule has 0 aromatic carbocycles. The number of ether oxygens (including phenoxy) is 1. The molecular formula is C16H27N3O2. The first-order valence-electron chi connectivity index (χ1n) is 8.09. The molecule has 1 unspecified atom stereocenters. The maximum Gasteiger partial charge on any atom is 0.0734 e. The van der Waals surface area contributed by atoms with Gasteiger partial charge in [-0.05, 0) is 25.7 Å². The van der Waals surface area contributed by atoms with Gasteiger partial charge in [0.15, 0.2) is 0 Å². The second-order valence-corrected chi connectivity index (χ2v) is 6.83. The summed E-state index contributed by atoms with van der Waals surface area (Å²) in [5, 5.41) is 14.8. The van der Waals surface area contributed by atoms with Gasteiger partial charge in [-0.3, -0.25) is 9.58 Å². The van der Waals surface area contributed by atoms with Crippen LogP contribution in [0.1, 0.15) is 44.6 Å². The van der Waals surface area contributed by atoms with Crippen molar-refractivity contribution < 1.29 is 9.84 Å². The molecule has 118 valence electrons. The maximum atomic E-state index is 10.6. The number of aliphatic hydroxyl groups is 1. The van der Waals surface area contributed by atoms with Crippen LogP contribution in [0.25, 0.3) is 0 Å². The second kappa shape index (κ2) is 5.71. The molecule has 5 nitrogen and oxygen atoms in total. The molecule has 21 heavy (non-hydrogen) atoms. The molecule has 1 atom stereocenters. The van der Waals surface area contributed by atoms with Gasteiger partial charge >= 0.3 is 0 Å². The van der Waals surface area contributed by atoms with Crippen LogP contribution in [0.2, 0.25) is 0 Å². The smallest absolute Gasteiger partial charge is 0.0734 e. The van der Waals surface area contributed by atoms with Crippen molar-refractivity contribution in [3.63, 3.8) is 0 Å². The third kappa shape index (κ3) is 3.30. The van der Waals surface area contributed by atoms with Gasteiger partial charge in [0.05, 0.1) is 24.0 Å². The molecule has 1 N–H and O–H groups in total. The highest BCUT2D eigenvalue weighted by Gasteiger charge is 2.45. The Morgan fingerprint density at radius 2 is 2.10 bits per heavy atom. The molecule has 2 saturated heterocycles. The average molecular weight is 293 g/mol. The molecule has 0 bridgehead atoms. The predicted octanol–water partition coefficient (Wildman–Crippen LogP) is 1.71. The zero-order valence-electron chi connectivity index (χ0n) is 13.2. The summed E-state index contributed by atoms with van der Waals surface area (Å²) in [6, 6.07) is 0. The Hall–Kier alpha value is -0.910. The van der Waals surface area contributed by atoms with Crippen LogP contribution in [0.5, 0.6) is 0 Å². The van der Waals surface area contributed by atoms with E-state index < -0.39 is 5.60 Å². The number of rotatable bonds is 3. The first-order valence-corrected chi connectivity index (χ1v) is 8.09. The van der Waals surface area contributed by atoms with Crippen molar-refractivity contribution in [3.8, 4) is 0 Å². The minimum Gasteiger partial charge on any atom is -0.390 e. The quantitative estimate of drug-likeness (QED) is 0.922. The van der Waals surface area contributed by atoms with E-state index in [2.05, 4.69) is 23.1 Å². The summed E-state index contributed by atoms with van der Waals surface area (Å²) >= 11 is 0. The fourth-order valence-corrected chi connectivity index (χ4v) is 3.75. The van der Waals surface area contributed by atoms with Crippen LogP contribution in [-0.2, 0) is 18.3 Å². The van der Waals surface area contributed by atoms with E-state index in [1.807, 2.05) is 17.9 Å². The van der Waals surface area contributed by atoms with Crippen molar-refractivity contribution >= 4 is 0 Å². The SMILES string of the molecule is CCC1(O)CCOC2(CCN(Cc3cnn(C)c3)CC2)C1. The fourth-order valence-electron chi connectivity index (χ4n) is 3.75. The van der Waals surface area contributed by atoms with Gasteiger partial charge in [-0.25, -0.2) is 0 Å². The summed E-state index contributed by atoms with van der Waals surface area (Å²) in [7, 11) is 1.95. The first-order chi connectivity index (χ1) is 10.0. The van der Waals surface area contributed by atoms with Crippen molar-refractivity contribution in [3.05, 3.63) is 18.0 Å². The molecule has 0 radical (unpaired) electrons. The molecule has 0 saturated carbocycles. The topological polar surface area (TPSA) is 50.5 Å². The Balaban J connectivity index is 1.57. The lowest BCUT2D eigenvalue weighted by molar-refractivity contribution is -0.179. The molecule has 2 aliphatic rings. The molecule has 2 fully saturated rings. The summed E-state index contributed by atoms with van der Waals surface area (Å²) in [6.45, 7) is 5.81. The van der Waals surface area contributed by atoms with Gasteiger partial charge in [0.1, 0.15) is 0 Å². The molecule has 3 rings (SSSR count). The minimum absolute atomic E-state index is 0.0888. The van der Waals surface area contributed by atoms with E-state index in [-0.39, 0.29) is 5.60 Å². The molecule has 1 aromatic rings. The van der Waals surface area contributed by atoms with Crippen molar-refractivity contribution in [2.75, 3.05) is 19.7 Å². The van der Waals surface area contributed by atoms with E-state index in [0.29, 0.717) is 6.61 Å². The van der Waals surface area contributed by atoms with Crippen LogP contribution in [0.3, 0.4) is 0 Å². The van der Waals surface area contributed by atoms with Gasteiger partial charge in [-0.1, -0.05) is 6.92 Å². The Labute approximate surface area is 126 Å². The lowest BCUT2D eigenvalue weighted by Gasteiger charge is -2.49. The number of hydrogen-bond acceptors (Lipinski definition) is 4. The maximum absolute atomic E-state index is 10.6.